The van der Waals surface area contributed by atoms with E-state index in [1.54, 1.807) is 18.2 Å². The number of hydrogen-bond acceptors (Lipinski definition) is 3. The van der Waals surface area contributed by atoms with Crippen LogP contribution in [-0.4, -0.2) is 36.6 Å². The third-order valence-electron chi connectivity index (χ3n) is 3.41. The van der Waals surface area contributed by atoms with Crippen LogP contribution in [0.4, 0.5) is 10.5 Å². The molecule has 0 bridgehead atoms. The molecular formula is C14H16Cl2N2O3. The summed E-state index contributed by atoms with van der Waals surface area (Å²) in [7, 11) is 1.33. The predicted octanol–water partition coefficient (Wildman–Crippen LogP) is 3.55. The highest BCUT2D eigenvalue weighted by Gasteiger charge is 2.32. The number of ether oxygens (including phenoxy) is 1. The first kappa shape index (κ1) is 15.9. The fraction of sp³-hybridized carbons (Fsp3) is 0.429. The average Bonchev–Trinajstić information content (AvgIpc) is 2.50. The van der Waals surface area contributed by atoms with Crippen LogP contribution in [-0.2, 0) is 9.53 Å². The number of piperidine rings is 1. The molecule has 1 heterocycles. The van der Waals surface area contributed by atoms with Gasteiger partial charge < -0.3 is 15.0 Å². The minimum atomic E-state index is -0.536. The fourth-order valence-corrected chi connectivity index (χ4v) is 2.62. The molecule has 1 aromatic rings. The Morgan fingerprint density at radius 1 is 1.29 bits per heavy atom. The number of esters is 1. The molecule has 0 radical (unpaired) electrons. The van der Waals surface area contributed by atoms with Crippen molar-refractivity contribution in [2.24, 2.45) is 0 Å². The molecule has 7 heteroatoms. The molecule has 1 fully saturated rings. The lowest BCUT2D eigenvalue weighted by Crippen LogP contribution is -2.50. The molecule has 1 aliphatic rings. The Bertz CT molecular complexity index is 551. The van der Waals surface area contributed by atoms with Gasteiger partial charge in [0.1, 0.15) is 6.04 Å². The van der Waals surface area contributed by atoms with Crippen molar-refractivity contribution in [1.29, 1.82) is 0 Å². The van der Waals surface area contributed by atoms with E-state index in [0.717, 1.165) is 12.8 Å². The molecule has 114 valence electrons. The van der Waals surface area contributed by atoms with Gasteiger partial charge in [-0.2, -0.15) is 0 Å². The molecule has 1 aromatic carbocycles. The monoisotopic (exact) mass is 330 g/mol. The second kappa shape index (κ2) is 7.00. The number of nitrogens with zero attached hydrogens (tertiary/aromatic N) is 1. The second-order valence-corrected chi connectivity index (χ2v) is 5.60. The highest BCUT2D eigenvalue weighted by atomic mass is 35.5. The molecular weight excluding hydrogens is 315 g/mol. The van der Waals surface area contributed by atoms with Gasteiger partial charge in [-0.15, -0.1) is 0 Å². The van der Waals surface area contributed by atoms with Crippen LogP contribution in [0.3, 0.4) is 0 Å². The summed E-state index contributed by atoms with van der Waals surface area (Å²) in [4.78, 5) is 25.6. The minimum absolute atomic E-state index is 0.344. The van der Waals surface area contributed by atoms with Crippen molar-refractivity contribution in [2.45, 2.75) is 25.3 Å². The Kier molecular flexibility index (Phi) is 5.31. The lowest BCUT2D eigenvalue weighted by Gasteiger charge is -2.33. The van der Waals surface area contributed by atoms with Crippen molar-refractivity contribution < 1.29 is 14.3 Å². The average molecular weight is 331 g/mol. The van der Waals surface area contributed by atoms with Gasteiger partial charge in [0, 0.05) is 12.2 Å². The molecule has 2 amide bonds. The Hall–Kier alpha value is -1.46. The molecule has 5 nitrogen and oxygen atoms in total. The van der Waals surface area contributed by atoms with E-state index in [9.17, 15) is 9.59 Å². The van der Waals surface area contributed by atoms with Gasteiger partial charge in [-0.3, -0.25) is 0 Å². The van der Waals surface area contributed by atoms with Crippen LogP contribution in [0.5, 0.6) is 0 Å². The number of rotatable bonds is 2. The first-order chi connectivity index (χ1) is 10.0. The number of amides is 2. The number of carbonyl (C=O) groups excluding carboxylic acids is 2. The lowest BCUT2D eigenvalue weighted by atomic mass is 10.0. The van der Waals surface area contributed by atoms with Gasteiger partial charge in [0.05, 0.1) is 17.2 Å². The van der Waals surface area contributed by atoms with E-state index in [-0.39, 0.29) is 12.0 Å². The quantitative estimate of drug-likeness (QED) is 0.843. The molecule has 21 heavy (non-hydrogen) atoms. The standard InChI is InChI=1S/C14H16Cl2N2O3/c1-21-13(19)12-4-2-3-7-18(12)14(20)17-9-5-6-10(15)11(16)8-9/h5-6,8,12H,2-4,7H2,1H3,(H,17,20). The van der Waals surface area contributed by atoms with Gasteiger partial charge in [-0.05, 0) is 37.5 Å². The number of urea groups is 1. The molecule has 0 aromatic heterocycles. The first-order valence-electron chi connectivity index (χ1n) is 6.63. The summed E-state index contributed by atoms with van der Waals surface area (Å²) in [5.74, 6) is -0.390. The molecule has 0 spiro atoms. The minimum Gasteiger partial charge on any atom is -0.467 e. The highest BCUT2D eigenvalue weighted by molar-refractivity contribution is 6.42. The fourth-order valence-electron chi connectivity index (χ4n) is 2.32. The van der Waals surface area contributed by atoms with Gasteiger partial charge in [-0.1, -0.05) is 23.2 Å². The number of carbonyl (C=O) groups is 2. The van der Waals surface area contributed by atoms with Crippen molar-refractivity contribution in [3.05, 3.63) is 28.2 Å². The molecule has 1 atom stereocenters. The summed E-state index contributed by atoms with van der Waals surface area (Å²) in [5.41, 5.74) is 0.531. The zero-order chi connectivity index (χ0) is 15.4. The Labute approximate surface area is 133 Å². The molecule has 1 N–H and O–H groups in total. The van der Waals surface area contributed by atoms with Gasteiger partial charge >= 0.3 is 12.0 Å². The number of methoxy groups -OCH3 is 1. The van der Waals surface area contributed by atoms with Crippen molar-refractivity contribution in [1.82, 2.24) is 4.90 Å². The van der Waals surface area contributed by atoms with Gasteiger partial charge in [0.15, 0.2) is 0 Å². The van der Waals surface area contributed by atoms with E-state index >= 15 is 0 Å². The van der Waals surface area contributed by atoms with E-state index in [0.29, 0.717) is 28.7 Å². The van der Waals surface area contributed by atoms with Crippen molar-refractivity contribution in [3.8, 4) is 0 Å². The predicted molar refractivity (Wildman–Crippen MR) is 81.8 cm³/mol. The van der Waals surface area contributed by atoms with Crippen molar-refractivity contribution >= 4 is 40.9 Å². The smallest absolute Gasteiger partial charge is 0.328 e. The van der Waals surface area contributed by atoms with Crippen molar-refractivity contribution in [3.63, 3.8) is 0 Å². The Morgan fingerprint density at radius 3 is 2.71 bits per heavy atom. The number of nitrogens with one attached hydrogen (secondary N) is 1. The van der Waals surface area contributed by atoms with Gasteiger partial charge in [0.25, 0.3) is 0 Å². The van der Waals surface area contributed by atoms with Crippen LogP contribution in [0.25, 0.3) is 0 Å². The van der Waals surface area contributed by atoms with Crippen LogP contribution in [0, 0.1) is 0 Å². The van der Waals surface area contributed by atoms with Crippen LogP contribution < -0.4 is 5.32 Å². The molecule has 0 aliphatic carbocycles. The van der Waals surface area contributed by atoms with E-state index in [4.69, 9.17) is 27.9 Å². The zero-order valence-electron chi connectivity index (χ0n) is 11.6. The Morgan fingerprint density at radius 2 is 2.05 bits per heavy atom. The van der Waals surface area contributed by atoms with Crippen LogP contribution in [0.15, 0.2) is 18.2 Å². The summed E-state index contributed by atoms with van der Waals surface area (Å²) in [5, 5.41) is 3.50. The topological polar surface area (TPSA) is 58.6 Å². The maximum atomic E-state index is 12.3. The largest absolute Gasteiger partial charge is 0.467 e. The molecule has 1 saturated heterocycles. The third-order valence-corrected chi connectivity index (χ3v) is 4.15. The van der Waals surface area contributed by atoms with Crippen LogP contribution in [0.1, 0.15) is 19.3 Å². The number of hydrogen-bond donors (Lipinski definition) is 1. The number of anilines is 1. The van der Waals surface area contributed by atoms with Crippen LogP contribution in [0.2, 0.25) is 10.0 Å². The van der Waals surface area contributed by atoms with Crippen molar-refractivity contribution in [2.75, 3.05) is 19.0 Å². The van der Waals surface area contributed by atoms with E-state index in [1.807, 2.05) is 0 Å². The van der Waals surface area contributed by atoms with Crippen LogP contribution >= 0.6 is 23.2 Å². The first-order valence-corrected chi connectivity index (χ1v) is 7.39. The highest BCUT2D eigenvalue weighted by Crippen LogP contribution is 2.26. The normalized spacial score (nSPS) is 18.2. The Balaban J connectivity index is 2.10. The maximum absolute atomic E-state index is 12.3. The second-order valence-electron chi connectivity index (χ2n) is 4.79. The third kappa shape index (κ3) is 3.80. The summed E-state index contributed by atoms with van der Waals surface area (Å²) in [6.07, 6.45) is 2.38. The molecule has 0 saturated carbocycles. The summed E-state index contributed by atoms with van der Waals surface area (Å²) < 4.78 is 4.76. The SMILES string of the molecule is COC(=O)C1CCCCN1C(=O)Nc1ccc(Cl)c(Cl)c1. The number of benzene rings is 1. The molecule has 2 rings (SSSR count). The zero-order valence-corrected chi connectivity index (χ0v) is 13.1. The van der Waals surface area contributed by atoms with E-state index in [1.165, 1.54) is 12.0 Å². The van der Waals surface area contributed by atoms with E-state index < -0.39 is 6.04 Å². The number of likely N-dealkylation sites (tertiary alicyclic amines) is 1. The summed E-state index contributed by atoms with van der Waals surface area (Å²) in [6, 6.07) is 3.95. The van der Waals surface area contributed by atoms with Gasteiger partial charge in [-0.25, -0.2) is 9.59 Å². The van der Waals surface area contributed by atoms with Gasteiger partial charge in [0.2, 0.25) is 0 Å². The molecule has 1 unspecified atom stereocenters. The molecule has 1 aliphatic heterocycles. The lowest BCUT2D eigenvalue weighted by molar-refractivity contribution is -0.146. The van der Waals surface area contributed by atoms with E-state index in [2.05, 4.69) is 5.32 Å². The summed E-state index contributed by atoms with van der Waals surface area (Å²) >= 11 is 11.7. The maximum Gasteiger partial charge on any atom is 0.328 e. The number of halogens is 2. The summed E-state index contributed by atoms with van der Waals surface area (Å²) in [6.45, 7) is 0.521.